The van der Waals surface area contributed by atoms with E-state index in [1.54, 1.807) is 12.3 Å². The Hall–Kier alpha value is -1.09. The number of pyridine rings is 1. The van der Waals surface area contributed by atoms with Crippen LogP contribution in [-0.4, -0.2) is 10.8 Å². The van der Waals surface area contributed by atoms with Gasteiger partial charge in [0.1, 0.15) is 5.15 Å². The predicted molar refractivity (Wildman–Crippen MR) is 49.5 cm³/mol. The van der Waals surface area contributed by atoms with Crippen LogP contribution in [0.25, 0.3) is 0 Å². The Morgan fingerprint density at radius 1 is 1.58 bits per heavy atom. The Labute approximate surface area is 76.1 Å². The van der Waals surface area contributed by atoms with Gasteiger partial charge >= 0.3 is 0 Å². The quantitative estimate of drug-likeness (QED) is 0.425. The summed E-state index contributed by atoms with van der Waals surface area (Å²) in [5, 5.41) is 7.50. The molecule has 1 heterocycles. The van der Waals surface area contributed by atoms with E-state index in [2.05, 4.69) is 4.98 Å². The molecule has 0 bridgehead atoms. The van der Waals surface area contributed by atoms with Crippen molar-refractivity contribution in [2.75, 3.05) is 0 Å². The van der Waals surface area contributed by atoms with E-state index in [-0.39, 0.29) is 5.84 Å². The van der Waals surface area contributed by atoms with E-state index in [1.807, 2.05) is 6.07 Å². The number of aryl methyl sites for hydroxylation is 1. The Morgan fingerprint density at radius 3 is 2.83 bits per heavy atom. The Kier molecular flexibility index (Phi) is 3.05. The summed E-state index contributed by atoms with van der Waals surface area (Å²) >= 11 is 5.60. The van der Waals surface area contributed by atoms with Crippen LogP contribution < -0.4 is 5.73 Å². The maximum absolute atomic E-state index is 7.02. The smallest absolute Gasteiger partial charge is 0.129 e. The third-order valence-electron chi connectivity index (χ3n) is 1.47. The van der Waals surface area contributed by atoms with Gasteiger partial charge in [-0.25, -0.2) is 4.98 Å². The highest BCUT2D eigenvalue weighted by Crippen LogP contribution is 2.06. The molecule has 0 unspecified atom stereocenters. The lowest BCUT2D eigenvalue weighted by Crippen LogP contribution is -2.10. The number of halogens is 1. The minimum Gasteiger partial charge on any atom is -0.388 e. The monoisotopic (exact) mass is 183 g/mol. The summed E-state index contributed by atoms with van der Waals surface area (Å²) < 4.78 is 0. The molecule has 0 aliphatic heterocycles. The van der Waals surface area contributed by atoms with Gasteiger partial charge in [0, 0.05) is 12.6 Å². The summed E-state index contributed by atoms with van der Waals surface area (Å²) in [6, 6.07) is 3.62. The van der Waals surface area contributed by atoms with Crippen LogP contribution in [0.15, 0.2) is 18.3 Å². The molecule has 64 valence electrons. The second kappa shape index (κ2) is 4.07. The summed E-state index contributed by atoms with van der Waals surface area (Å²) in [6.07, 6.45) is 3.02. The van der Waals surface area contributed by atoms with Gasteiger partial charge < -0.3 is 5.73 Å². The number of hydrogen-bond donors (Lipinski definition) is 2. The second-order valence-electron chi connectivity index (χ2n) is 2.51. The average molecular weight is 184 g/mol. The first-order valence-corrected chi connectivity index (χ1v) is 3.99. The van der Waals surface area contributed by atoms with Crippen LogP contribution in [0.4, 0.5) is 0 Å². The highest BCUT2D eigenvalue weighted by molar-refractivity contribution is 6.29. The lowest BCUT2D eigenvalue weighted by atomic mass is 10.1. The average Bonchev–Trinajstić information content (AvgIpc) is 2.03. The minimum atomic E-state index is 0.199. The van der Waals surface area contributed by atoms with Crippen LogP contribution in [0.3, 0.4) is 0 Å². The third-order valence-corrected chi connectivity index (χ3v) is 1.70. The largest absolute Gasteiger partial charge is 0.388 e. The summed E-state index contributed by atoms with van der Waals surface area (Å²) in [7, 11) is 0. The van der Waals surface area contributed by atoms with Crippen molar-refractivity contribution in [2.45, 2.75) is 12.8 Å². The first-order chi connectivity index (χ1) is 5.68. The summed E-state index contributed by atoms with van der Waals surface area (Å²) in [5.74, 6) is 0.199. The highest BCUT2D eigenvalue weighted by Gasteiger charge is 1.95. The van der Waals surface area contributed by atoms with E-state index in [1.165, 1.54) is 0 Å². The zero-order valence-corrected chi connectivity index (χ0v) is 7.30. The third kappa shape index (κ3) is 2.88. The van der Waals surface area contributed by atoms with Gasteiger partial charge in [0.25, 0.3) is 0 Å². The molecule has 0 aromatic carbocycles. The van der Waals surface area contributed by atoms with E-state index in [0.29, 0.717) is 11.6 Å². The number of aromatic nitrogens is 1. The molecular weight excluding hydrogens is 174 g/mol. The van der Waals surface area contributed by atoms with Gasteiger partial charge in [0.15, 0.2) is 0 Å². The van der Waals surface area contributed by atoms with Crippen LogP contribution in [0, 0.1) is 5.41 Å². The number of nitrogens with one attached hydrogen (secondary N) is 1. The van der Waals surface area contributed by atoms with Crippen LogP contribution >= 0.6 is 11.6 Å². The second-order valence-corrected chi connectivity index (χ2v) is 2.90. The first kappa shape index (κ1) is 9.00. The topological polar surface area (TPSA) is 62.8 Å². The number of hydrogen-bond acceptors (Lipinski definition) is 2. The van der Waals surface area contributed by atoms with Crippen molar-refractivity contribution < 1.29 is 0 Å². The number of nitrogens with two attached hydrogens (primary N) is 1. The van der Waals surface area contributed by atoms with E-state index in [9.17, 15) is 0 Å². The van der Waals surface area contributed by atoms with E-state index < -0.39 is 0 Å². The van der Waals surface area contributed by atoms with Crippen molar-refractivity contribution in [2.24, 2.45) is 5.73 Å². The van der Waals surface area contributed by atoms with Crippen molar-refractivity contribution in [3.8, 4) is 0 Å². The minimum absolute atomic E-state index is 0.199. The number of rotatable bonds is 3. The molecule has 0 spiro atoms. The summed E-state index contributed by atoms with van der Waals surface area (Å²) in [4.78, 5) is 3.91. The van der Waals surface area contributed by atoms with Crippen molar-refractivity contribution >= 4 is 17.4 Å². The van der Waals surface area contributed by atoms with Gasteiger partial charge in [-0.2, -0.15) is 0 Å². The lowest BCUT2D eigenvalue weighted by Gasteiger charge is -1.98. The first-order valence-electron chi connectivity index (χ1n) is 3.62. The van der Waals surface area contributed by atoms with E-state index in [4.69, 9.17) is 22.7 Å². The molecule has 3 N–H and O–H groups in total. The molecule has 0 aliphatic carbocycles. The van der Waals surface area contributed by atoms with Crippen LogP contribution in [0.5, 0.6) is 0 Å². The Morgan fingerprint density at radius 2 is 2.33 bits per heavy atom. The van der Waals surface area contributed by atoms with Crippen molar-refractivity contribution in [3.05, 3.63) is 29.0 Å². The molecule has 0 radical (unpaired) electrons. The molecule has 0 saturated heterocycles. The van der Waals surface area contributed by atoms with Crippen molar-refractivity contribution in [1.29, 1.82) is 5.41 Å². The maximum Gasteiger partial charge on any atom is 0.129 e. The fraction of sp³-hybridized carbons (Fsp3) is 0.250. The Balaban J connectivity index is 2.53. The molecule has 1 rings (SSSR count). The van der Waals surface area contributed by atoms with Crippen LogP contribution in [0.1, 0.15) is 12.0 Å². The molecule has 12 heavy (non-hydrogen) atoms. The predicted octanol–water partition coefficient (Wildman–Crippen LogP) is 1.60. The fourth-order valence-electron chi connectivity index (χ4n) is 0.833. The molecule has 1 aromatic heterocycles. The normalized spacial score (nSPS) is 9.75. The van der Waals surface area contributed by atoms with E-state index >= 15 is 0 Å². The zero-order chi connectivity index (χ0) is 8.97. The molecular formula is C8H10ClN3. The highest BCUT2D eigenvalue weighted by atomic mass is 35.5. The standard InChI is InChI=1S/C8H10ClN3/c9-7-3-1-6(5-12-7)2-4-8(10)11/h1,3,5H,2,4H2,(H3,10,11). The zero-order valence-electron chi connectivity index (χ0n) is 6.55. The summed E-state index contributed by atoms with van der Waals surface area (Å²) in [6.45, 7) is 0. The summed E-state index contributed by atoms with van der Waals surface area (Å²) in [5.41, 5.74) is 6.26. The molecule has 0 atom stereocenters. The van der Waals surface area contributed by atoms with Gasteiger partial charge in [-0.1, -0.05) is 17.7 Å². The van der Waals surface area contributed by atoms with E-state index in [0.717, 1.165) is 12.0 Å². The van der Waals surface area contributed by atoms with Gasteiger partial charge in [-0.05, 0) is 18.1 Å². The van der Waals surface area contributed by atoms with Gasteiger partial charge in [0.05, 0.1) is 5.84 Å². The fourth-order valence-corrected chi connectivity index (χ4v) is 0.945. The van der Waals surface area contributed by atoms with Crippen molar-refractivity contribution in [1.82, 2.24) is 4.98 Å². The Bertz CT molecular complexity index is 268. The molecule has 1 aromatic rings. The molecule has 3 nitrogen and oxygen atoms in total. The van der Waals surface area contributed by atoms with Gasteiger partial charge in [0.2, 0.25) is 0 Å². The molecule has 0 amide bonds. The number of nitrogens with zero attached hydrogens (tertiary/aromatic N) is 1. The molecule has 4 heteroatoms. The molecule has 0 aliphatic rings. The molecule has 0 fully saturated rings. The maximum atomic E-state index is 7.02. The van der Waals surface area contributed by atoms with Gasteiger partial charge in [-0.15, -0.1) is 0 Å². The van der Waals surface area contributed by atoms with Crippen LogP contribution in [0.2, 0.25) is 5.15 Å². The SMILES string of the molecule is N=C(N)CCc1ccc(Cl)nc1. The van der Waals surface area contributed by atoms with Gasteiger partial charge in [-0.3, -0.25) is 5.41 Å². The molecule has 0 saturated carbocycles. The lowest BCUT2D eigenvalue weighted by molar-refractivity contribution is 1.00. The van der Waals surface area contributed by atoms with Crippen molar-refractivity contribution in [3.63, 3.8) is 0 Å². The van der Waals surface area contributed by atoms with Crippen LogP contribution in [-0.2, 0) is 6.42 Å². The number of amidine groups is 1.